The number of hydrogen-bond donors (Lipinski definition) is 0. The highest BCUT2D eigenvalue weighted by Crippen LogP contribution is 2.32. The van der Waals surface area contributed by atoms with E-state index in [-0.39, 0.29) is 23.8 Å². The minimum atomic E-state index is -0.258. The number of hydrogen-bond acceptors (Lipinski definition) is 4. The van der Waals surface area contributed by atoms with Crippen LogP contribution in [0.5, 0.6) is 0 Å². The number of benzene rings is 1. The van der Waals surface area contributed by atoms with Crippen molar-refractivity contribution < 1.29 is 14.4 Å². The Balaban J connectivity index is 1.54. The summed E-state index contributed by atoms with van der Waals surface area (Å²) in [5, 5.41) is 0. The number of imide groups is 1. The number of halogens is 1. The van der Waals surface area contributed by atoms with Gasteiger partial charge in [0, 0.05) is 23.5 Å². The largest absolute Gasteiger partial charge is 0.337 e. The van der Waals surface area contributed by atoms with Gasteiger partial charge < -0.3 is 4.90 Å². The Morgan fingerprint density at radius 2 is 1.82 bits per heavy atom. The Hall–Kier alpha value is -1.99. The number of fused-ring (bicyclic) bond motifs is 1. The number of carbonyl (C=O) groups is 3. The van der Waals surface area contributed by atoms with Crippen LogP contribution in [-0.2, 0) is 6.54 Å². The molecule has 0 spiro atoms. The van der Waals surface area contributed by atoms with Crippen LogP contribution in [0, 0.1) is 0 Å². The lowest BCUT2D eigenvalue weighted by Gasteiger charge is -2.29. The zero-order chi connectivity index (χ0) is 19.8. The van der Waals surface area contributed by atoms with E-state index in [2.05, 4.69) is 15.9 Å². The minimum Gasteiger partial charge on any atom is -0.337 e. The van der Waals surface area contributed by atoms with Gasteiger partial charge in [0.05, 0.1) is 21.5 Å². The van der Waals surface area contributed by atoms with Crippen molar-refractivity contribution >= 4 is 45.0 Å². The van der Waals surface area contributed by atoms with Gasteiger partial charge in [-0.25, -0.2) is 0 Å². The van der Waals surface area contributed by atoms with Crippen LogP contribution < -0.4 is 0 Å². The van der Waals surface area contributed by atoms with Crippen molar-refractivity contribution in [3.05, 3.63) is 55.7 Å². The van der Waals surface area contributed by atoms with Crippen LogP contribution in [0.4, 0.5) is 0 Å². The van der Waals surface area contributed by atoms with Crippen LogP contribution in [0.1, 0.15) is 68.1 Å². The van der Waals surface area contributed by atoms with E-state index in [4.69, 9.17) is 0 Å². The molecule has 1 fully saturated rings. The van der Waals surface area contributed by atoms with Crippen molar-refractivity contribution in [2.24, 2.45) is 0 Å². The van der Waals surface area contributed by atoms with Crippen molar-refractivity contribution in [1.82, 2.24) is 9.80 Å². The van der Waals surface area contributed by atoms with Crippen molar-refractivity contribution in [3.63, 3.8) is 0 Å². The summed E-state index contributed by atoms with van der Waals surface area (Å²) in [4.78, 5) is 42.6. The fraction of sp³-hybridized carbons (Fsp3) is 0.381. The second-order valence-corrected chi connectivity index (χ2v) is 9.95. The first-order chi connectivity index (χ1) is 13.5. The van der Waals surface area contributed by atoms with Gasteiger partial charge in [-0.2, -0.15) is 0 Å². The van der Waals surface area contributed by atoms with Gasteiger partial charge in [-0.1, -0.05) is 19.3 Å². The van der Waals surface area contributed by atoms with Crippen LogP contribution in [-0.4, -0.2) is 40.6 Å². The molecular formula is C21H21BrN2O3S. The van der Waals surface area contributed by atoms with Crippen LogP contribution in [0.25, 0.3) is 0 Å². The number of carbonyl (C=O) groups excluding carboxylic acids is 3. The minimum absolute atomic E-state index is 0.0137. The summed E-state index contributed by atoms with van der Waals surface area (Å²) in [5.74, 6) is -0.641. The maximum atomic E-state index is 12.9. The van der Waals surface area contributed by atoms with Crippen molar-refractivity contribution in [2.45, 2.75) is 44.7 Å². The van der Waals surface area contributed by atoms with Gasteiger partial charge in [-0.15, -0.1) is 11.3 Å². The molecule has 1 saturated carbocycles. The Labute approximate surface area is 176 Å². The van der Waals surface area contributed by atoms with E-state index in [1.807, 2.05) is 12.1 Å². The highest BCUT2D eigenvalue weighted by molar-refractivity contribution is 9.11. The second-order valence-electron chi connectivity index (χ2n) is 7.40. The quantitative estimate of drug-likeness (QED) is 0.620. The van der Waals surface area contributed by atoms with Gasteiger partial charge in [0.2, 0.25) is 0 Å². The fourth-order valence-corrected chi connectivity index (χ4v) is 5.56. The number of thiophene rings is 1. The van der Waals surface area contributed by atoms with Gasteiger partial charge >= 0.3 is 0 Å². The molecule has 7 heteroatoms. The van der Waals surface area contributed by atoms with E-state index >= 15 is 0 Å². The summed E-state index contributed by atoms with van der Waals surface area (Å²) in [6.45, 7) is 0.493. The van der Waals surface area contributed by atoms with Crippen molar-refractivity contribution in [2.75, 3.05) is 7.05 Å². The highest BCUT2D eigenvalue weighted by Gasteiger charge is 2.40. The number of amides is 3. The van der Waals surface area contributed by atoms with Gasteiger partial charge in [-0.3, -0.25) is 19.3 Å². The third-order valence-electron chi connectivity index (χ3n) is 5.47. The first-order valence-corrected chi connectivity index (χ1v) is 11.1. The lowest BCUT2D eigenvalue weighted by molar-refractivity contribution is 0.0548. The normalized spacial score (nSPS) is 17.1. The Bertz CT molecular complexity index is 949. The summed E-state index contributed by atoms with van der Waals surface area (Å²) in [6.07, 6.45) is 5.00. The van der Waals surface area contributed by atoms with Crippen LogP contribution in [0.2, 0.25) is 0 Å². The molecule has 2 aromatic rings. The van der Waals surface area contributed by atoms with Gasteiger partial charge in [-0.05, 0) is 59.1 Å². The molecule has 0 N–H and O–H groups in total. The summed E-state index contributed by atoms with van der Waals surface area (Å²) in [6, 6.07) is 8.78. The summed E-state index contributed by atoms with van der Waals surface area (Å²) < 4.78 is 1.02. The smallest absolute Gasteiger partial charge is 0.261 e. The van der Waals surface area contributed by atoms with Gasteiger partial charge in [0.1, 0.15) is 0 Å². The van der Waals surface area contributed by atoms with Crippen molar-refractivity contribution in [3.8, 4) is 0 Å². The molecular weight excluding hydrogens is 440 g/mol. The number of nitrogens with zero attached hydrogens (tertiary/aromatic N) is 2. The molecule has 1 aromatic carbocycles. The van der Waals surface area contributed by atoms with E-state index in [1.165, 1.54) is 4.90 Å². The molecule has 0 atom stereocenters. The van der Waals surface area contributed by atoms with Crippen molar-refractivity contribution in [1.29, 1.82) is 0 Å². The Kier molecular flexibility index (Phi) is 5.38. The van der Waals surface area contributed by atoms with E-state index in [0.717, 1.165) is 40.8 Å². The number of rotatable bonds is 4. The second kappa shape index (κ2) is 7.79. The van der Waals surface area contributed by atoms with E-state index < -0.39 is 0 Å². The fourth-order valence-electron chi connectivity index (χ4n) is 4.03. The molecule has 5 nitrogen and oxygen atoms in total. The highest BCUT2D eigenvalue weighted by atomic mass is 79.9. The average Bonchev–Trinajstić information content (AvgIpc) is 3.22. The Morgan fingerprint density at radius 1 is 1.11 bits per heavy atom. The van der Waals surface area contributed by atoms with Crippen LogP contribution in [0.15, 0.2) is 34.1 Å². The molecule has 1 aliphatic carbocycles. The maximum absolute atomic E-state index is 12.9. The standard InChI is InChI=1S/C21H21BrN2O3S/c1-23(12-15-8-10-18(22)28-15)19(25)13-7-9-16-17(11-13)21(27)24(20(16)26)14-5-3-2-4-6-14/h7-11,14H,2-6,12H2,1H3. The van der Waals surface area contributed by atoms with Crippen LogP contribution >= 0.6 is 27.3 Å². The molecule has 0 saturated heterocycles. The molecule has 2 heterocycles. The van der Waals surface area contributed by atoms with E-state index in [1.54, 1.807) is 41.5 Å². The summed E-state index contributed by atoms with van der Waals surface area (Å²) in [5.41, 5.74) is 1.20. The lowest BCUT2D eigenvalue weighted by Crippen LogP contribution is -2.40. The molecule has 1 aliphatic heterocycles. The van der Waals surface area contributed by atoms with Gasteiger partial charge in [0.15, 0.2) is 0 Å². The SMILES string of the molecule is CN(Cc1ccc(Br)s1)C(=O)c1ccc2c(c1)C(=O)N(C1CCCCC1)C2=O. The third-order valence-corrected chi connectivity index (χ3v) is 7.08. The lowest BCUT2D eigenvalue weighted by atomic mass is 9.94. The average molecular weight is 461 g/mol. The maximum Gasteiger partial charge on any atom is 0.261 e. The molecule has 28 heavy (non-hydrogen) atoms. The van der Waals surface area contributed by atoms with Crippen LogP contribution in [0.3, 0.4) is 0 Å². The Morgan fingerprint density at radius 3 is 2.50 bits per heavy atom. The third kappa shape index (κ3) is 3.53. The molecule has 0 unspecified atom stereocenters. The van der Waals surface area contributed by atoms with E-state index in [0.29, 0.717) is 23.2 Å². The summed E-state index contributed by atoms with van der Waals surface area (Å²) in [7, 11) is 1.74. The molecule has 4 rings (SSSR count). The molecule has 1 aromatic heterocycles. The first kappa shape index (κ1) is 19.3. The topological polar surface area (TPSA) is 57.7 Å². The predicted octanol–water partition coefficient (Wildman–Crippen LogP) is 4.71. The first-order valence-electron chi connectivity index (χ1n) is 9.47. The monoisotopic (exact) mass is 460 g/mol. The molecule has 0 bridgehead atoms. The molecule has 2 aliphatic rings. The molecule has 0 radical (unpaired) electrons. The molecule has 3 amide bonds. The van der Waals surface area contributed by atoms with Gasteiger partial charge in [0.25, 0.3) is 17.7 Å². The van der Waals surface area contributed by atoms with E-state index in [9.17, 15) is 14.4 Å². The zero-order valence-corrected chi connectivity index (χ0v) is 18.0. The predicted molar refractivity (Wildman–Crippen MR) is 112 cm³/mol. The molecule has 146 valence electrons. The summed E-state index contributed by atoms with van der Waals surface area (Å²) >= 11 is 5.01. The zero-order valence-electron chi connectivity index (χ0n) is 15.6.